The normalized spacial score (nSPS) is 21.0. The fourth-order valence-electron chi connectivity index (χ4n) is 4.78. The van der Waals surface area contributed by atoms with E-state index in [1.165, 1.54) is 6.20 Å². The number of halogens is 1. The van der Waals surface area contributed by atoms with Crippen molar-refractivity contribution in [2.24, 2.45) is 0 Å². The lowest BCUT2D eigenvalue weighted by molar-refractivity contribution is -0.121. The molecule has 1 aliphatic heterocycles. The van der Waals surface area contributed by atoms with Crippen molar-refractivity contribution >= 4 is 36.0 Å². The van der Waals surface area contributed by atoms with E-state index in [0.29, 0.717) is 25.9 Å². The molecule has 1 aromatic carbocycles. The number of alkyl halides is 1. The van der Waals surface area contributed by atoms with E-state index in [0.717, 1.165) is 21.1 Å². The highest BCUT2D eigenvalue weighted by atomic mass is 33.1. The summed E-state index contributed by atoms with van der Waals surface area (Å²) in [5, 5.41) is 2.71. The van der Waals surface area contributed by atoms with Crippen molar-refractivity contribution in [3.05, 3.63) is 62.9 Å². The van der Waals surface area contributed by atoms with E-state index in [1.54, 1.807) is 21.6 Å². The van der Waals surface area contributed by atoms with Crippen LogP contribution in [0.3, 0.4) is 0 Å². The van der Waals surface area contributed by atoms with Gasteiger partial charge in [0.15, 0.2) is 12.4 Å². The molecule has 2 heterocycles. The zero-order valence-corrected chi connectivity index (χ0v) is 29.8. The number of H-pyrrole nitrogens is 1. The Hall–Kier alpha value is -2.17. The Morgan fingerprint density at radius 3 is 2.65 bits per heavy atom. The Morgan fingerprint density at radius 2 is 2.00 bits per heavy atom. The number of nitrogens with one attached hydrogen (secondary N) is 2. The van der Waals surface area contributed by atoms with Crippen LogP contribution < -0.4 is 16.6 Å². The Morgan fingerprint density at radius 1 is 1.28 bits per heavy atom. The minimum absolute atomic E-state index is 0.00341. The van der Waals surface area contributed by atoms with Gasteiger partial charge in [-0.3, -0.25) is 19.1 Å². The molecular formula is C32H46FN4O6PS2. The van der Waals surface area contributed by atoms with Crippen LogP contribution in [0.4, 0.5) is 4.39 Å². The average Bonchev–Trinajstić information content (AvgIpc) is 3.32. The van der Waals surface area contributed by atoms with E-state index in [4.69, 9.17) is 21.6 Å². The van der Waals surface area contributed by atoms with Crippen LogP contribution in [0, 0.1) is 12.3 Å². The number of rotatable bonds is 17. The van der Waals surface area contributed by atoms with E-state index >= 15 is 4.39 Å². The van der Waals surface area contributed by atoms with Crippen LogP contribution in [0.5, 0.6) is 0 Å². The third kappa shape index (κ3) is 10.9. The maximum absolute atomic E-state index is 16.0. The summed E-state index contributed by atoms with van der Waals surface area (Å²) < 4.78 is 45.4. The number of aromatic nitrogens is 2. The SMILES string of the molecule is [2H]CC1OC(n2ccc(=O)[nH]c2=O)C(F)C1OP(OCCc1ccccc1SSC(C)(C)CCC(=O)NCC#C)N(C(C)C)C(C)C. The second-order valence-electron chi connectivity index (χ2n) is 12.0. The molecule has 0 bridgehead atoms. The first-order chi connectivity index (χ1) is 22.3. The number of benzene rings is 1. The molecule has 0 aliphatic carbocycles. The number of hydrogen-bond acceptors (Lipinski definition) is 9. The van der Waals surface area contributed by atoms with Gasteiger partial charge in [-0.1, -0.05) is 45.7 Å². The number of amides is 1. The van der Waals surface area contributed by atoms with Gasteiger partial charge in [0.1, 0.15) is 6.10 Å². The van der Waals surface area contributed by atoms with Crippen molar-refractivity contribution in [2.45, 2.75) is 114 Å². The topological polar surface area (TPSA) is 115 Å². The van der Waals surface area contributed by atoms with Crippen molar-refractivity contribution in [3.8, 4) is 12.3 Å². The molecule has 5 atom stereocenters. The standard InChI is InChI=1S/C32H46FN4O6PS2/c1-9-18-34-26(38)14-17-32(7,8)46-45-25-13-11-10-12-24(25)16-20-41-44(37(21(2)3)22(4)5)43-29-23(6)42-30(28(29)33)36-19-15-27(39)35-31(36)40/h1,10-13,15,19,21-23,28-30H,14,16-18,20H2,2-8H3,(H,34,38)(H,35,39,40)/i6D. The lowest BCUT2D eigenvalue weighted by atomic mass is 10.1. The van der Waals surface area contributed by atoms with Crippen molar-refractivity contribution < 1.29 is 24.3 Å². The molecule has 1 fully saturated rings. The molecule has 1 saturated heterocycles. The molecule has 1 aromatic heterocycles. The molecule has 0 radical (unpaired) electrons. The molecule has 0 spiro atoms. The Balaban J connectivity index is 1.71. The van der Waals surface area contributed by atoms with Crippen molar-refractivity contribution in [1.82, 2.24) is 19.5 Å². The van der Waals surface area contributed by atoms with E-state index in [-0.39, 0.29) is 36.2 Å². The van der Waals surface area contributed by atoms with Crippen LogP contribution in [0.1, 0.15) is 74.4 Å². The van der Waals surface area contributed by atoms with Crippen molar-refractivity contribution in [2.75, 3.05) is 13.2 Å². The molecule has 2 aromatic rings. The van der Waals surface area contributed by atoms with Gasteiger partial charge in [-0.25, -0.2) is 13.9 Å². The summed E-state index contributed by atoms with van der Waals surface area (Å²) in [7, 11) is 1.55. The Labute approximate surface area is 281 Å². The summed E-state index contributed by atoms with van der Waals surface area (Å²) in [6, 6.07) is 9.18. The molecule has 46 heavy (non-hydrogen) atoms. The average molecular weight is 698 g/mol. The van der Waals surface area contributed by atoms with Gasteiger partial charge in [-0.15, -0.1) is 6.42 Å². The van der Waals surface area contributed by atoms with E-state index in [2.05, 4.69) is 36.1 Å². The van der Waals surface area contributed by atoms with Gasteiger partial charge in [0.05, 0.1) is 19.3 Å². The maximum atomic E-state index is 16.0. The van der Waals surface area contributed by atoms with Gasteiger partial charge in [0.2, 0.25) is 5.91 Å². The minimum Gasteiger partial charge on any atom is -0.349 e. The highest BCUT2D eigenvalue weighted by molar-refractivity contribution is 8.77. The molecule has 2 N–H and O–H groups in total. The Kier molecular flexibility index (Phi) is 14.2. The number of carbonyl (C=O) groups excluding carboxylic acids is 1. The monoisotopic (exact) mass is 697 g/mol. The summed E-state index contributed by atoms with van der Waals surface area (Å²) in [6.07, 6.45) is 2.79. The molecule has 0 saturated carbocycles. The first-order valence-electron chi connectivity index (χ1n) is 15.9. The predicted molar refractivity (Wildman–Crippen MR) is 184 cm³/mol. The highest BCUT2D eigenvalue weighted by Crippen LogP contribution is 2.50. The van der Waals surface area contributed by atoms with Gasteiger partial charge >= 0.3 is 5.69 Å². The van der Waals surface area contributed by atoms with Crippen LogP contribution in [0.15, 0.2) is 51.0 Å². The van der Waals surface area contributed by atoms with Crippen LogP contribution in [0.2, 0.25) is 0 Å². The highest BCUT2D eigenvalue weighted by Gasteiger charge is 2.47. The smallest absolute Gasteiger partial charge is 0.330 e. The molecule has 10 nitrogen and oxygen atoms in total. The van der Waals surface area contributed by atoms with Gasteiger partial charge in [-0.2, -0.15) is 0 Å². The van der Waals surface area contributed by atoms with Crippen LogP contribution in [-0.2, 0) is 25.0 Å². The van der Waals surface area contributed by atoms with Crippen molar-refractivity contribution in [1.29, 1.82) is 0 Å². The molecular weight excluding hydrogens is 650 g/mol. The van der Waals surface area contributed by atoms with E-state index < -0.39 is 44.4 Å². The van der Waals surface area contributed by atoms with E-state index in [1.807, 2.05) is 50.6 Å². The zero-order chi connectivity index (χ0) is 34.7. The summed E-state index contributed by atoms with van der Waals surface area (Å²) in [6.45, 7) is 12.5. The molecule has 3 rings (SSSR count). The minimum atomic E-state index is -1.80. The van der Waals surface area contributed by atoms with Crippen LogP contribution in [0.25, 0.3) is 0 Å². The molecule has 1 aliphatic rings. The third-order valence-electron chi connectivity index (χ3n) is 7.10. The number of ether oxygens (including phenoxy) is 1. The van der Waals surface area contributed by atoms with Crippen molar-refractivity contribution in [3.63, 3.8) is 0 Å². The number of terminal acetylenes is 1. The van der Waals surface area contributed by atoms with Gasteiger partial charge in [-0.05, 0) is 72.9 Å². The maximum Gasteiger partial charge on any atom is 0.330 e. The number of nitrogens with zero attached hydrogens (tertiary/aromatic N) is 2. The van der Waals surface area contributed by atoms with Crippen LogP contribution in [-0.4, -0.2) is 68.5 Å². The second-order valence-corrected chi connectivity index (χ2v) is 16.3. The summed E-state index contributed by atoms with van der Waals surface area (Å²) >= 11 is 0. The Bertz CT molecular complexity index is 1460. The molecule has 14 heteroatoms. The second kappa shape index (κ2) is 17.8. The number of carbonyl (C=O) groups is 1. The number of hydrogen-bond donors (Lipinski definition) is 2. The fraction of sp³-hybridized carbons (Fsp3) is 0.594. The first-order valence-corrected chi connectivity index (χ1v) is 18.5. The molecule has 1 amide bonds. The summed E-state index contributed by atoms with van der Waals surface area (Å²) in [4.78, 5) is 39.2. The molecule has 254 valence electrons. The summed E-state index contributed by atoms with van der Waals surface area (Å²) in [5.41, 5.74) is -0.325. The zero-order valence-electron chi connectivity index (χ0n) is 28.2. The van der Waals surface area contributed by atoms with Gasteiger partial charge < -0.3 is 19.1 Å². The lowest BCUT2D eigenvalue weighted by Crippen LogP contribution is -2.38. The lowest BCUT2D eigenvalue weighted by Gasteiger charge is -2.37. The predicted octanol–water partition coefficient (Wildman–Crippen LogP) is 5.83. The van der Waals surface area contributed by atoms with Crippen LogP contribution >= 0.6 is 30.1 Å². The number of aromatic amines is 1. The van der Waals surface area contributed by atoms with Gasteiger partial charge in [0.25, 0.3) is 14.1 Å². The van der Waals surface area contributed by atoms with E-state index in [9.17, 15) is 14.4 Å². The summed E-state index contributed by atoms with van der Waals surface area (Å²) in [5.74, 6) is 2.35. The quantitative estimate of drug-likeness (QED) is 0.120. The molecule has 5 unspecified atom stereocenters. The largest absolute Gasteiger partial charge is 0.349 e. The third-order valence-corrected chi connectivity index (χ3v) is 12.7. The fourth-order valence-corrected chi connectivity index (χ4v) is 9.14. The van der Waals surface area contributed by atoms with Gasteiger partial charge in [0, 0.05) is 41.8 Å². The first kappa shape index (κ1) is 36.7.